The molecule has 0 bridgehead atoms. The highest BCUT2D eigenvalue weighted by molar-refractivity contribution is 5.46. The van der Waals surface area contributed by atoms with Crippen molar-refractivity contribution in [2.45, 2.75) is 38.0 Å². The summed E-state index contributed by atoms with van der Waals surface area (Å²) in [6, 6.07) is 5.24. The minimum absolute atomic E-state index is 0.294. The molecule has 6 heteroatoms. The maximum absolute atomic E-state index is 14.1. The van der Waals surface area contributed by atoms with Crippen molar-refractivity contribution >= 4 is 0 Å². The summed E-state index contributed by atoms with van der Waals surface area (Å²) in [5.41, 5.74) is 3.33. The van der Waals surface area contributed by atoms with Crippen molar-refractivity contribution in [1.29, 1.82) is 0 Å². The largest absolute Gasteiger partial charge is 0.494 e. The van der Waals surface area contributed by atoms with E-state index in [4.69, 9.17) is 4.74 Å². The second-order valence-corrected chi connectivity index (χ2v) is 6.80. The molecule has 2 aromatic heterocycles. The van der Waals surface area contributed by atoms with Crippen molar-refractivity contribution in [2.24, 2.45) is 0 Å². The summed E-state index contributed by atoms with van der Waals surface area (Å²) in [6.45, 7) is 2.11. The van der Waals surface area contributed by atoms with Gasteiger partial charge in [0.05, 0.1) is 7.11 Å². The molecule has 0 N–H and O–H groups in total. The summed E-state index contributed by atoms with van der Waals surface area (Å²) >= 11 is 0. The van der Waals surface area contributed by atoms with E-state index >= 15 is 0 Å². The molecule has 0 radical (unpaired) electrons. The third-order valence-corrected chi connectivity index (χ3v) is 4.99. The van der Waals surface area contributed by atoms with Crippen molar-refractivity contribution in [3.8, 4) is 17.4 Å². The fraction of sp³-hybridized carbons (Fsp3) is 0.333. The number of aryl methyl sites for hydroxylation is 1. The van der Waals surface area contributed by atoms with Crippen LogP contribution in [-0.4, -0.2) is 27.0 Å². The monoisotopic (exact) mass is 364 g/mol. The quantitative estimate of drug-likeness (QED) is 0.652. The minimum atomic E-state index is -0.294. The Hall–Kier alpha value is -2.89. The summed E-state index contributed by atoms with van der Waals surface area (Å²) in [5.74, 6) is 1.75. The van der Waals surface area contributed by atoms with Crippen LogP contribution in [0.3, 0.4) is 0 Å². The van der Waals surface area contributed by atoms with Gasteiger partial charge < -0.3 is 4.74 Å². The Kier molecular flexibility index (Phi) is 4.79. The molecule has 5 nitrogen and oxygen atoms in total. The highest BCUT2D eigenvalue weighted by Crippen LogP contribution is 2.56. The second kappa shape index (κ2) is 7.39. The molecule has 0 unspecified atom stereocenters. The van der Waals surface area contributed by atoms with Gasteiger partial charge in [-0.15, -0.1) is 0 Å². The molecule has 1 saturated carbocycles. The molecule has 3 aromatic rings. The number of hydrogen-bond donors (Lipinski definition) is 0. The van der Waals surface area contributed by atoms with Gasteiger partial charge in [0.1, 0.15) is 0 Å². The molecule has 4 rings (SSSR count). The number of hydrogen-bond acceptors (Lipinski definition) is 5. The SMILES string of the molecule is CCCc1cc(F)c(OC)cc1[C@@H]1C[C@H]1c1cnc(-c2ncccn2)nc1. The average Bonchev–Trinajstić information content (AvgIpc) is 3.50. The molecule has 0 saturated heterocycles. The molecule has 138 valence electrons. The third-order valence-electron chi connectivity index (χ3n) is 4.99. The zero-order chi connectivity index (χ0) is 18.8. The highest BCUT2D eigenvalue weighted by atomic mass is 19.1. The van der Waals surface area contributed by atoms with Crippen LogP contribution in [0.4, 0.5) is 4.39 Å². The molecule has 2 atom stereocenters. The molecule has 0 amide bonds. The Morgan fingerprint density at radius 2 is 1.74 bits per heavy atom. The van der Waals surface area contributed by atoms with Crippen LogP contribution >= 0.6 is 0 Å². The van der Waals surface area contributed by atoms with Gasteiger partial charge in [0.25, 0.3) is 0 Å². The Labute approximate surface area is 157 Å². The maximum atomic E-state index is 14.1. The molecule has 1 aliphatic carbocycles. The Balaban J connectivity index is 1.57. The van der Waals surface area contributed by atoms with Gasteiger partial charge in [0.15, 0.2) is 23.2 Å². The highest BCUT2D eigenvalue weighted by Gasteiger charge is 2.41. The number of benzene rings is 1. The number of ether oxygens (including phenoxy) is 1. The van der Waals surface area contributed by atoms with Crippen molar-refractivity contribution < 1.29 is 9.13 Å². The predicted molar refractivity (Wildman–Crippen MR) is 100 cm³/mol. The summed E-state index contributed by atoms with van der Waals surface area (Å²) in [4.78, 5) is 17.2. The number of aromatic nitrogens is 4. The van der Waals surface area contributed by atoms with Crippen molar-refractivity contribution in [2.75, 3.05) is 7.11 Å². The van der Waals surface area contributed by atoms with Crippen LogP contribution in [0.2, 0.25) is 0 Å². The van der Waals surface area contributed by atoms with Gasteiger partial charge in [0.2, 0.25) is 0 Å². The molecule has 0 aliphatic heterocycles. The van der Waals surface area contributed by atoms with Crippen molar-refractivity contribution in [3.63, 3.8) is 0 Å². The first kappa shape index (κ1) is 17.5. The van der Waals surface area contributed by atoms with Gasteiger partial charge in [0, 0.05) is 24.8 Å². The Bertz CT molecular complexity index is 931. The average molecular weight is 364 g/mol. The van der Waals surface area contributed by atoms with Gasteiger partial charge in [-0.05, 0) is 59.6 Å². The molecule has 0 spiro atoms. The molecule has 2 heterocycles. The van der Waals surface area contributed by atoms with Crippen LogP contribution in [0.1, 0.15) is 48.3 Å². The third kappa shape index (κ3) is 3.52. The molecule has 1 fully saturated rings. The van der Waals surface area contributed by atoms with E-state index in [0.29, 0.717) is 29.2 Å². The van der Waals surface area contributed by atoms with Crippen LogP contribution in [0.5, 0.6) is 5.75 Å². The van der Waals surface area contributed by atoms with Crippen LogP contribution in [-0.2, 0) is 6.42 Å². The lowest BCUT2D eigenvalue weighted by Crippen LogP contribution is -1.99. The molecule has 1 aromatic carbocycles. The van der Waals surface area contributed by atoms with E-state index in [9.17, 15) is 4.39 Å². The van der Waals surface area contributed by atoms with Crippen LogP contribution in [0.15, 0.2) is 43.0 Å². The van der Waals surface area contributed by atoms with Crippen LogP contribution in [0, 0.1) is 5.82 Å². The lowest BCUT2D eigenvalue weighted by molar-refractivity contribution is 0.385. The number of nitrogens with zero attached hydrogens (tertiary/aromatic N) is 4. The van der Waals surface area contributed by atoms with E-state index in [1.54, 1.807) is 24.5 Å². The maximum Gasteiger partial charge on any atom is 0.197 e. The van der Waals surface area contributed by atoms with Gasteiger partial charge in [-0.25, -0.2) is 24.3 Å². The van der Waals surface area contributed by atoms with Gasteiger partial charge in [-0.3, -0.25) is 0 Å². The van der Waals surface area contributed by atoms with Gasteiger partial charge in [-0.1, -0.05) is 13.3 Å². The standard InChI is InChI=1S/C21H21FN4O/c1-3-5-13-8-18(22)19(27-2)10-16(13)17-9-15(17)14-11-25-21(26-12-14)20-23-6-4-7-24-20/h4,6-8,10-12,15,17H,3,5,9H2,1-2H3/t15-,17+/m0/s1. The van der Waals surface area contributed by atoms with Gasteiger partial charge >= 0.3 is 0 Å². The smallest absolute Gasteiger partial charge is 0.197 e. The summed E-state index contributed by atoms with van der Waals surface area (Å²) in [7, 11) is 1.50. The zero-order valence-corrected chi connectivity index (χ0v) is 15.4. The minimum Gasteiger partial charge on any atom is -0.494 e. The number of methoxy groups -OCH3 is 1. The normalized spacial score (nSPS) is 18.3. The fourth-order valence-electron chi connectivity index (χ4n) is 3.56. The van der Waals surface area contributed by atoms with Crippen LogP contribution < -0.4 is 4.74 Å². The Morgan fingerprint density at radius 3 is 2.41 bits per heavy atom. The summed E-state index contributed by atoms with van der Waals surface area (Å²) < 4.78 is 19.3. The predicted octanol–water partition coefficient (Wildman–Crippen LogP) is 4.30. The Morgan fingerprint density at radius 1 is 1.04 bits per heavy atom. The zero-order valence-electron chi connectivity index (χ0n) is 15.4. The topological polar surface area (TPSA) is 60.8 Å². The number of rotatable bonds is 6. The van der Waals surface area contributed by atoms with E-state index in [1.165, 1.54) is 12.7 Å². The number of halogens is 1. The van der Waals surface area contributed by atoms with E-state index in [-0.39, 0.29) is 5.82 Å². The molecular formula is C21H21FN4O. The van der Waals surface area contributed by atoms with Crippen LogP contribution in [0.25, 0.3) is 11.6 Å². The summed E-state index contributed by atoms with van der Waals surface area (Å²) in [5, 5.41) is 0. The van der Waals surface area contributed by atoms with E-state index in [0.717, 1.165) is 30.4 Å². The second-order valence-electron chi connectivity index (χ2n) is 6.80. The van der Waals surface area contributed by atoms with E-state index in [1.807, 2.05) is 18.5 Å². The lowest BCUT2D eigenvalue weighted by Gasteiger charge is -2.12. The first-order valence-electron chi connectivity index (χ1n) is 9.17. The first-order chi connectivity index (χ1) is 13.2. The summed E-state index contributed by atoms with van der Waals surface area (Å²) in [6.07, 6.45) is 9.90. The molecule has 1 aliphatic rings. The lowest BCUT2D eigenvalue weighted by atomic mass is 9.97. The van der Waals surface area contributed by atoms with E-state index < -0.39 is 0 Å². The van der Waals surface area contributed by atoms with Crippen molar-refractivity contribution in [3.05, 3.63) is 65.5 Å². The van der Waals surface area contributed by atoms with Crippen molar-refractivity contribution in [1.82, 2.24) is 19.9 Å². The fourth-order valence-corrected chi connectivity index (χ4v) is 3.56. The molecular weight excluding hydrogens is 343 g/mol. The first-order valence-corrected chi connectivity index (χ1v) is 9.17. The van der Waals surface area contributed by atoms with Gasteiger partial charge in [-0.2, -0.15) is 0 Å². The van der Waals surface area contributed by atoms with E-state index in [2.05, 4.69) is 26.9 Å². The molecule has 27 heavy (non-hydrogen) atoms.